The fourth-order valence-electron chi connectivity index (χ4n) is 4.38. The molecule has 0 spiro atoms. The first-order valence-electron chi connectivity index (χ1n) is 7.65. The van der Waals surface area contributed by atoms with Crippen LogP contribution in [0, 0.1) is 5.92 Å². The summed E-state index contributed by atoms with van der Waals surface area (Å²) < 4.78 is 0. The summed E-state index contributed by atoms with van der Waals surface area (Å²) in [6.45, 7) is 1.10. The smallest absolute Gasteiger partial charge is 0.0622 e. The topological polar surface area (TPSA) is 15.3 Å². The average Bonchev–Trinajstić information content (AvgIpc) is 2.46. The Morgan fingerprint density at radius 1 is 1.11 bits per heavy atom. The first-order valence-corrected chi connectivity index (χ1v) is 8.02. The molecular weight excluding hydrogens is 256 g/mol. The molecule has 1 saturated heterocycles. The van der Waals surface area contributed by atoms with E-state index in [4.69, 9.17) is 11.6 Å². The highest BCUT2D eigenvalue weighted by molar-refractivity contribution is 6.31. The summed E-state index contributed by atoms with van der Waals surface area (Å²) in [4.78, 5) is 2.71. The summed E-state index contributed by atoms with van der Waals surface area (Å²) in [7, 11) is 0. The molecule has 1 aliphatic carbocycles. The number of piperidine rings is 1. The van der Waals surface area contributed by atoms with Crippen LogP contribution >= 0.6 is 11.6 Å². The van der Waals surface area contributed by atoms with Crippen LogP contribution in [0.3, 0.4) is 0 Å². The van der Waals surface area contributed by atoms with Gasteiger partial charge in [0.25, 0.3) is 0 Å². The van der Waals surface area contributed by atoms with Crippen molar-refractivity contribution in [2.75, 3.05) is 16.8 Å². The number of rotatable bonds is 0. The Kier molecular flexibility index (Phi) is 2.87. The van der Waals surface area contributed by atoms with Crippen molar-refractivity contribution in [1.29, 1.82) is 0 Å². The zero-order valence-electron chi connectivity index (χ0n) is 11.2. The maximum absolute atomic E-state index is 6.23. The molecule has 1 saturated carbocycles. The largest absolute Gasteiger partial charge is 0.381 e. The molecule has 4 rings (SSSR count). The second-order valence-electron chi connectivity index (χ2n) is 6.29. The predicted octanol–water partition coefficient (Wildman–Crippen LogP) is 4.29. The average molecular weight is 277 g/mol. The van der Waals surface area contributed by atoms with E-state index in [1.165, 1.54) is 49.9 Å². The number of benzene rings is 1. The molecule has 2 aliphatic heterocycles. The van der Waals surface area contributed by atoms with E-state index in [0.29, 0.717) is 6.04 Å². The van der Waals surface area contributed by atoms with Crippen molar-refractivity contribution in [3.05, 3.63) is 23.2 Å². The van der Waals surface area contributed by atoms with Crippen LogP contribution < -0.4 is 10.2 Å². The van der Waals surface area contributed by atoms with Gasteiger partial charge in [0.05, 0.1) is 11.4 Å². The third-order valence-electron chi connectivity index (χ3n) is 5.26. The van der Waals surface area contributed by atoms with Gasteiger partial charge in [-0.3, -0.25) is 0 Å². The summed E-state index contributed by atoms with van der Waals surface area (Å²) in [5, 5.41) is 4.44. The molecule has 0 bridgehead atoms. The monoisotopic (exact) mass is 276 g/mol. The van der Waals surface area contributed by atoms with Crippen molar-refractivity contribution in [1.82, 2.24) is 0 Å². The van der Waals surface area contributed by atoms with E-state index in [9.17, 15) is 0 Å². The third kappa shape index (κ3) is 1.92. The van der Waals surface area contributed by atoms with E-state index >= 15 is 0 Å². The van der Waals surface area contributed by atoms with E-state index in [1.807, 2.05) is 6.07 Å². The van der Waals surface area contributed by atoms with E-state index in [0.717, 1.165) is 23.5 Å². The molecule has 1 N–H and O–H groups in total. The van der Waals surface area contributed by atoms with Gasteiger partial charge in [0.2, 0.25) is 0 Å². The molecule has 1 aromatic rings. The summed E-state index contributed by atoms with van der Waals surface area (Å²) in [6.07, 6.45) is 8.38. The van der Waals surface area contributed by atoms with Crippen molar-refractivity contribution in [3.63, 3.8) is 0 Å². The van der Waals surface area contributed by atoms with Crippen molar-refractivity contribution >= 4 is 23.0 Å². The Balaban J connectivity index is 1.75. The lowest BCUT2D eigenvalue weighted by Crippen LogP contribution is -2.56. The Labute approximate surface area is 120 Å². The fraction of sp³-hybridized carbons (Fsp3) is 0.625. The number of halogens is 1. The lowest BCUT2D eigenvalue weighted by molar-refractivity contribution is 0.215. The first kappa shape index (κ1) is 11.9. The highest BCUT2D eigenvalue weighted by Gasteiger charge is 2.40. The normalized spacial score (nSPS) is 32.9. The fourth-order valence-corrected chi connectivity index (χ4v) is 4.55. The standard InChI is InChI=1S/C16H21ClN2/c17-12-6-8-14-16(9-12)19-13(10-18-14)7-5-11-3-1-2-4-15(11)19/h6,8-9,11,13,15,18H,1-5,7,10H2. The summed E-state index contributed by atoms with van der Waals surface area (Å²) in [6, 6.07) is 7.72. The molecule has 0 amide bonds. The molecule has 3 unspecified atom stereocenters. The van der Waals surface area contributed by atoms with Crippen LogP contribution in [0.2, 0.25) is 5.02 Å². The maximum Gasteiger partial charge on any atom is 0.0622 e. The number of hydrogen-bond acceptors (Lipinski definition) is 2. The van der Waals surface area contributed by atoms with Crippen LogP contribution in [0.5, 0.6) is 0 Å². The van der Waals surface area contributed by atoms with Gasteiger partial charge in [0.1, 0.15) is 0 Å². The highest BCUT2D eigenvalue weighted by atomic mass is 35.5. The molecule has 0 radical (unpaired) electrons. The Hall–Kier alpha value is -0.890. The second kappa shape index (κ2) is 4.59. The minimum atomic E-state index is 0.672. The van der Waals surface area contributed by atoms with Crippen molar-refractivity contribution in [2.24, 2.45) is 5.92 Å². The van der Waals surface area contributed by atoms with Crippen molar-refractivity contribution < 1.29 is 0 Å². The molecule has 3 heteroatoms. The zero-order valence-corrected chi connectivity index (χ0v) is 12.0. The number of fused-ring (bicyclic) bond motifs is 5. The quantitative estimate of drug-likeness (QED) is 0.760. The van der Waals surface area contributed by atoms with Gasteiger partial charge in [-0.2, -0.15) is 0 Å². The van der Waals surface area contributed by atoms with Crippen LogP contribution in [0.15, 0.2) is 18.2 Å². The molecule has 3 atom stereocenters. The molecule has 2 fully saturated rings. The minimum Gasteiger partial charge on any atom is -0.381 e. The van der Waals surface area contributed by atoms with Crippen molar-refractivity contribution in [2.45, 2.75) is 50.6 Å². The van der Waals surface area contributed by atoms with Crippen LogP contribution in [0.4, 0.5) is 11.4 Å². The molecule has 19 heavy (non-hydrogen) atoms. The summed E-state index contributed by atoms with van der Waals surface area (Å²) in [5.74, 6) is 0.912. The Bertz CT molecular complexity index is 488. The summed E-state index contributed by atoms with van der Waals surface area (Å²) in [5.41, 5.74) is 2.62. The second-order valence-corrected chi connectivity index (χ2v) is 6.73. The minimum absolute atomic E-state index is 0.672. The molecular formula is C16H21ClN2. The Morgan fingerprint density at radius 3 is 2.95 bits per heavy atom. The first-order chi connectivity index (χ1) is 9.33. The van der Waals surface area contributed by atoms with Gasteiger partial charge in [-0.05, 0) is 49.8 Å². The van der Waals surface area contributed by atoms with Crippen LogP contribution in [0.1, 0.15) is 38.5 Å². The van der Waals surface area contributed by atoms with Gasteiger partial charge in [0, 0.05) is 23.7 Å². The van der Waals surface area contributed by atoms with Crippen LogP contribution in [0.25, 0.3) is 0 Å². The SMILES string of the molecule is Clc1ccc2c(c1)N1C(CCC3CCCCC31)CN2. The van der Waals surface area contributed by atoms with Gasteiger partial charge >= 0.3 is 0 Å². The van der Waals surface area contributed by atoms with Crippen LogP contribution in [-0.2, 0) is 0 Å². The van der Waals surface area contributed by atoms with Gasteiger partial charge in [-0.25, -0.2) is 0 Å². The number of nitrogens with zero attached hydrogens (tertiary/aromatic N) is 1. The number of anilines is 2. The van der Waals surface area contributed by atoms with Crippen molar-refractivity contribution in [3.8, 4) is 0 Å². The molecule has 102 valence electrons. The van der Waals surface area contributed by atoms with Gasteiger partial charge in [-0.15, -0.1) is 0 Å². The van der Waals surface area contributed by atoms with Gasteiger partial charge in [0.15, 0.2) is 0 Å². The van der Waals surface area contributed by atoms with Gasteiger partial charge < -0.3 is 10.2 Å². The highest BCUT2D eigenvalue weighted by Crippen LogP contribution is 2.45. The molecule has 3 aliphatic rings. The molecule has 0 aromatic heterocycles. The summed E-state index contributed by atoms with van der Waals surface area (Å²) >= 11 is 6.23. The Morgan fingerprint density at radius 2 is 2.00 bits per heavy atom. The molecule has 2 nitrogen and oxygen atoms in total. The van der Waals surface area contributed by atoms with E-state index in [2.05, 4.69) is 22.3 Å². The lowest BCUT2D eigenvalue weighted by atomic mass is 9.75. The zero-order chi connectivity index (χ0) is 12.8. The number of nitrogens with one attached hydrogen (secondary N) is 1. The maximum atomic E-state index is 6.23. The van der Waals surface area contributed by atoms with E-state index in [-0.39, 0.29) is 0 Å². The third-order valence-corrected chi connectivity index (χ3v) is 5.49. The lowest BCUT2D eigenvalue weighted by Gasteiger charge is -2.52. The predicted molar refractivity (Wildman–Crippen MR) is 81.2 cm³/mol. The van der Waals surface area contributed by atoms with E-state index < -0.39 is 0 Å². The van der Waals surface area contributed by atoms with Crippen LogP contribution in [-0.4, -0.2) is 18.6 Å². The van der Waals surface area contributed by atoms with E-state index in [1.54, 1.807) is 0 Å². The number of hydrogen-bond donors (Lipinski definition) is 1. The molecule has 1 aromatic carbocycles. The molecule has 2 heterocycles. The van der Waals surface area contributed by atoms with Gasteiger partial charge in [-0.1, -0.05) is 24.4 Å².